The van der Waals surface area contributed by atoms with E-state index in [0.717, 1.165) is 29.2 Å². The van der Waals surface area contributed by atoms with E-state index in [0.29, 0.717) is 12.2 Å². The highest BCUT2D eigenvalue weighted by atomic mass is 16.5. The Labute approximate surface area is 197 Å². The molecule has 0 aromatic heterocycles. The smallest absolute Gasteiger partial charge is 0.335 e. The number of fused-ring (bicyclic) bond motifs is 2. The monoisotopic (exact) mass is 444 g/mol. The molecule has 0 saturated heterocycles. The van der Waals surface area contributed by atoms with Gasteiger partial charge in [0.2, 0.25) is 0 Å². The first-order chi connectivity index (χ1) is 15.6. The Kier molecular flexibility index (Phi) is 6.37. The minimum Gasteiger partial charge on any atom is -0.478 e. The second-order valence-corrected chi connectivity index (χ2v) is 10.9. The molecular weight excluding hydrogens is 408 g/mol. The Balaban J connectivity index is 1.57. The van der Waals surface area contributed by atoms with Crippen molar-refractivity contribution in [2.24, 2.45) is 0 Å². The Morgan fingerprint density at radius 2 is 1.58 bits per heavy atom. The van der Waals surface area contributed by atoms with Gasteiger partial charge in [0, 0.05) is 0 Å². The van der Waals surface area contributed by atoms with Gasteiger partial charge in [-0.2, -0.15) is 0 Å². The number of carbonyl (C=O) groups is 1. The van der Waals surface area contributed by atoms with Gasteiger partial charge in [0.1, 0.15) is 0 Å². The third kappa shape index (κ3) is 4.84. The van der Waals surface area contributed by atoms with Crippen molar-refractivity contribution in [2.75, 3.05) is 0 Å². The number of ether oxygens (including phenoxy) is 1. The van der Waals surface area contributed by atoms with Crippen LogP contribution in [0, 0.1) is 0 Å². The summed E-state index contributed by atoms with van der Waals surface area (Å²) in [7, 11) is 0. The molecule has 1 N–H and O–H groups in total. The van der Waals surface area contributed by atoms with Gasteiger partial charge >= 0.3 is 5.97 Å². The van der Waals surface area contributed by atoms with Gasteiger partial charge < -0.3 is 9.84 Å². The van der Waals surface area contributed by atoms with Crippen LogP contribution < -0.4 is 0 Å². The summed E-state index contributed by atoms with van der Waals surface area (Å²) in [5.41, 5.74) is 6.04. The van der Waals surface area contributed by atoms with Crippen LogP contribution in [-0.2, 0) is 22.2 Å². The van der Waals surface area contributed by atoms with E-state index in [1.165, 1.54) is 29.5 Å². The first-order valence-electron chi connectivity index (χ1n) is 12.1. The van der Waals surface area contributed by atoms with E-state index in [-0.39, 0.29) is 16.9 Å². The minimum absolute atomic E-state index is 0.0613. The van der Waals surface area contributed by atoms with E-state index in [2.05, 4.69) is 58.9 Å². The summed E-state index contributed by atoms with van der Waals surface area (Å²) in [4.78, 5) is 11.2. The maximum Gasteiger partial charge on any atom is 0.335 e. The van der Waals surface area contributed by atoms with Crippen LogP contribution in [0.4, 0.5) is 0 Å². The van der Waals surface area contributed by atoms with Gasteiger partial charge in [-0.3, -0.25) is 0 Å². The molecule has 174 valence electrons. The topological polar surface area (TPSA) is 46.5 Å². The number of carboxylic acids is 1. The third-order valence-corrected chi connectivity index (χ3v) is 7.40. The summed E-state index contributed by atoms with van der Waals surface area (Å²) in [6.45, 7) is 12.2. The van der Waals surface area contributed by atoms with Crippen molar-refractivity contribution in [1.82, 2.24) is 0 Å². The van der Waals surface area contributed by atoms with Crippen LogP contribution >= 0.6 is 0 Å². The molecule has 1 atom stereocenters. The molecule has 0 fully saturated rings. The first-order valence-corrected chi connectivity index (χ1v) is 12.1. The van der Waals surface area contributed by atoms with E-state index < -0.39 is 5.97 Å². The molecule has 0 aliphatic heterocycles. The molecule has 3 nitrogen and oxygen atoms in total. The lowest BCUT2D eigenvalue weighted by atomic mass is 9.63. The summed E-state index contributed by atoms with van der Waals surface area (Å²) in [5.74, 6) is -0.900. The molecule has 3 aromatic carbocycles. The van der Waals surface area contributed by atoms with Gasteiger partial charge in [-0.1, -0.05) is 77.4 Å². The van der Waals surface area contributed by atoms with Crippen LogP contribution in [0.25, 0.3) is 10.8 Å². The van der Waals surface area contributed by atoms with Crippen molar-refractivity contribution >= 4 is 16.7 Å². The molecule has 33 heavy (non-hydrogen) atoms. The van der Waals surface area contributed by atoms with Crippen molar-refractivity contribution in [3.8, 4) is 0 Å². The highest BCUT2D eigenvalue weighted by Crippen LogP contribution is 2.46. The van der Waals surface area contributed by atoms with Crippen molar-refractivity contribution < 1.29 is 14.6 Å². The molecule has 3 heteroatoms. The maximum atomic E-state index is 11.2. The van der Waals surface area contributed by atoms with Gasteiger partial charge in [0.15, 0.2) is 0 Å². The standard InChI is InChI=1S/C30H36O3/c1-6-7-27(23-12-13-25-26(18-23)30(4,5)15-14-29(25,2)3)33-19-20-8-9-22-17-24(28(31)32)11-10-21(22)16-20/h8-13,16-18,27H,6-7,14-15,19H2,1-5H3,(H,31,32). The Morgan fingerprint density at radius 3 is 2.27 bits per heavy atom. The molecular formula is C30H36O3. The van der Waals surface area contributed by atoms with Gasteiger partial charge in [-0.25, -0.2) is 4.79 Å². The minimum atomic E-state index is -0.900. The average molecular weight is 445 g/mol. The molecule has 0 heterocycles. The first kappa shape index (κ1) is 23.5. The van der Waals surface area contributed by atoms with Gasteiger partial charge in [0.05, 0.1) is 18.3 Å². The maximum absolute atomic E-state index is 11.2. The molecule has 1 unspecified atom stereocenters. The zero-order valence-electron chi connectivity index (χ0n) is 20.6. The van der Waals surface area contributed by atoms with Crippen molar-refractivity contribution in [2.45, 2.75) is 83.8 Å². The number of benzene rings is 3. The second-order valence-electron chi connectivity index (χ2n) is 10.9. The average Bonchev–Trinajstić information content (AvgIpc) is 2.79. The third-order valence-electron chi connectivity index (χ3n) is 7.40. The van der Waals surface area contributed by atoms with Crippen LogP contribution in [0.15, 0.2) is 54.6 Å². The molecule has 0 saturated carbocycles. The lowest BCUT2D eigenvalue weighted by Crippen LogP contribution is -2.34. The molecule has 3 aromatic rings. The van der Waals surface area contributed by atoms with Crippen LogP contribution in [0.5, 0.6) is 0 Å². The van der Waals surface area contributed by atoms with E-state index in [1.54, 1.807) is 12.1 Å². The zero-order chi connectivity index (χ0) is 23.8. The lowest BCUT2D eigenvalue weighted by Gasteiger charge is -2.42. The summed E-state index contributed by atoms with van der Waals surface area (Å²) < 4.78 is 6.48. The molecule has 4 rings (SSSR count). The Hall–Kier alpha value is -2.65. The predicted molar refractivity (Wildman–Crippen MR) is 135 cm³/mol. The van der Waals surface area contributed by atoms with E-state index in [9.17, 15) is 9.90 Å². The number of carboxylic acid groups (broad SMARTS) is 1. The summed E-state index contributed by atoms with van der Waals surface area (Å²) >= 11 is 0. The van der Waals surface area contributed by atoms with Gasteiger partial charge in [0.25, 0.3) is 0 Å². The second kappa shape index (κ2) is 8.95. The lowest BCUT2D eigenvalue weighted by molar-refractivity contribution is 0.0333. The summed E-state index contributed by atoms with van der Waals surface area (Å²) in [6, 6.07) is 18.4. The highest BCUT2D eigenvalue weighted by molar-refractivity contribution is 5.94. The highest BCUT2D eigenvalue weighted by Gasteiger charge is 2.37. The number of rotatable bonds is 7. The SMILES string of the molecule is CCCC(OCc1ccc2cc(C(=O)O)ccc2c1)c1ccc2c(c1)C(C)(C)CCC2(C)C. The largest absolute Gasteiger partial charge is 0.478 e. The predicted octanol–water partition coefficient (Wildman–Crippen LogP) is 7.95. The number of aromatic carboxylic acids is 1. The van der Waals surface area contributed by atoms with E-state index in [4.69, 9.17) is 4.74 Å². The van der Waals surface area contributed by atoms with Crippen molar-refractivity contribution in [3.05, 3.63) is 82.4 Å². The van der Waals surface area contributed by atoms with Crippen LogP contribution in [0.3, 0.4) is 0 Å². The molecule has 1 aliphatic rings. The molecule has 1 aliphatic carbocycles. The quantitative estimate of drug-likeness (QED) is 0.402. The van der Waals surface area contributed by atoms with Crippen molar-refractivity contribution in [3.63, 3.8) is 0 Å². The molecule has 0 spiro atoms. The fourth-order valence-corrected chi connectivity index (χ4v) is 5.13. The zero-order valence-corrected chi connectivity index (χ0v) is 20.6. The summed E-state index contributed by atoms with van der Waals surface area (Å²) in [5, 5.41) is 11.2. The molecule has 0 amide bonds. The number of hydrogen-bond acceptors (Lipinski definition) is 2. The van der Waals surface area contributed by atoms with E-state index >= 15 is 0 Å². The normalized spacial score (nSPS) is 17.5. The van der Waals surface area contributed by atoms with Gasteiger partial charge in [-0.15, -0.1) is 0 Å². The van der Waals surface area contributed by atoms with Gasteiger partial charge in [-0.05, 0) is 81.3 Å². The Morgan fingerprint density at radius 1 is 0.909 bits per heavy atom. The Bertz CT molecular complexity index is 1170. The van der Waals surface area contributed by atoms with Crippen LogP contribution in [0.1, 0.15) is 99.0 Å². The fraction of sp³-hybridized carbons (Fsp3) is 0.433. The fourth-order valence-electron chi connectivity index (χ4n) is 5.13. The summed E-state index contributed by atoms with van der Waals surface area (Å²) in [6.07, 6.45) is 4.53. The van der Waals surface area contributed by atoms with E-state index in [1.807, 2.05) is 18.2 Å². The van der Waals surface area contributed by atoms with Crippen LogP contribution in [-0.4, -0.2) is 11.1 Å². The van der Waals surface area contributed by atoms with Crippen molar-refractivity contribution in [1.29, 1.82) is 0 Å². The number of hydrogen-bond donors (Lipinski definition) is 1. The molecule has 0 bridgehead atoms. The molecule has 0 radical (unpaired) electrons. The van der Waals surface area contributed by atoms with Crippen LogP contribution in [0.2, 0.25) is 0 Å².